The molecule has 0 spiro atoms. The number of nitro benzene ring substituents is 1. The van der Waals surface area contributed by atoms with E-state index in [2.05, 4.69) is 10.2 Å². The van der Waals surface area contributed by atoms with Crippen molar-refractivity contribution in [1.29, 1.82) is 0 Å². The van der Waals surface area contributed by atoms with Crippen molar-refractivity contribution in [3.8, 4) is 5.75 Å². The number of nitrogens with one attached hydrogen (secondary N) is 1. The number of H-pyrrole nitrogens is 1. The number of non-ortho nitro benzene ring substituents is 1. The third kappa shape index (κ3) is 4.40. The number of ether oxygens (including phenoxy) is 2. The zero-order valence-corrected chi connectivity index (χ0v) is 13.9. The molecule has 1 heterocycles. The van der Waals surface area contributed by atoms with E-state index in [0.717, 1.165) is 0 Å². The number of aromatic amines is 1. The maximum atomic E-state index is 12.3. The van der Waals surface area contributed by atoms with Gasteiger partial charge in [-0.15, -0.1) is 0 Å². The highest BCUT2D eigenvalue weighted by molar-refractivity contribution is 5.87. The highest BCUT2D eigenvalue weighted by Crippen LogP contribution is 2.25. The Kier molecular flexibility index (Phi) is 5.16. The van der Waals surface area contributed by atoms with Gasteiger partial charge in [-0.2, -0.15) is 5.10 Å². The molecule has 0 aliphatic rings. The van der Waals surface area contributed by atoms with Crippen molar-refractivity contribution in [2.75, 3.05) is 0 Å². The molecule has 1 N–H and O–H groups in total. The standard InChI is InChI=1S/C16H17N3O6/c1-10(16(2,3)25-15(21)13-8-9-17-18-13)14(20)24-12-6-4-11(5-7-12)19(22)23/h4-10H,1-3H3,(H,17,18). The van der Waals surface area contributed by atoms with Crippen molar-refractivity contribution in [3.05, 3.63) is 52.3 Å². The van der Waals surface area contributed by atoms with Gasteiger partial charge in [0.15, 0.2) is 5.69 Å². The van der Waals surface area contributed by atoms with Gasteiger partial charge in [-0.25, -0.2) is 4.79 Å². The van der Waals surface area contributed by atoms with Crippen molar-refractivity contribution < 1.29 is 24.0 Å². The van der Waals surface area contributed by atoms with Gasteiger partial charge in [0.25, 0.3) is 5.69 Å². The molecule has 1 unspecified atom stereocenters. The Morgan fingerprint density at radius 3 is 2.40 bits per heavy atom. The van der Waals surface area contributed by atoms with Gasteiger partial charge in [0.05, 0.1) is 10.8 Å². The van der Waals surface area contributed by atoms with E-state index in [9.17, 15) is 19.7 Å². The Morgan fingerprint density at radius 2 is 1.88 bits per heavy atom. The number of hydrogen-bond donors (Lipinski definition) is 1. The minimum absolute atomic E-state index is 0.101. The second-order valence-electron chi connectivity index (χ2n) is 5.85. The predicted molar refractivity (Wildman–Crippen MR) is 86.0 cm³/mol. The molecule has 1 aromatic carbocycles. The molecule has 132 valence electrons. The van der Waals surface area contributed by atoms with Crippen LogP contribution in [0.4, 0.5) is 5.69 Å². The Hall–Kier alpha value is -3.23. The summed E-state index contributed by atoms with van der Waals surface area (Å²) in [6, 6.07) is 6.57. The van der Waals surface area contributed by atoms with Gasteiger partial charge < -0.3 is 9.47 Å². The van der Waals surface area contributed by atoms with E-state index in [1.165, 1.54) is 36.5 Å². The summed E-state index contributed by atoms with van der Waals surface area (Å²) >= 11 is 0. The molecule has 1 atom stereocenters. The maximum absolute atomic E-state index is 12.3. The molecule has 0 amide bonds. The third-order valence-corrected chi connectivity index (χ3v) is 3.73. The fraction of sp³-hybridized carbons (Fsp3) is 0.312. The Labute approximate surface area is 143 Å². The van der Waals surface area contributed by atoms with Gasteiger partial charge in [-0.05, 0) is 39.0 Å². The van der Waals surface area contributed by atoms with E-state index in [1.54, 1.807) is 20.8 Å². The molecule has 0 bridgehead atoms. The molecule has 0 aliphatic heterocycles. The average molecular weight is 347 g/mol. The van der Waals surface area contributed by atoms with Gasteiger partial charge in [-0.1, -0.05) is 0 Å². The molecular weight excluding hydrogens is 330 g/mol. The average Bonchev–Trinajstić information content (AvgIpc) is 3.08. The van der Waals surface area contributed by atoms with Crippen LogP contribution in [0.1, 0.15) is 31.3 Å². The number of hydrogen-bond acceptors (Lipinski definition) is 7. The molecule has 0 saturated carbocycles. The van der Waals surface area contributed by atoms with Gasteiger partial charge >= 0.3 is 11.9 Å². The molecule has 25 heavy (non-hydrogen) atoms. The maximum Gasteiger partial charge on any atom is 0.359 e. The first-order valence-corrected chi connectivity index (χ1v) is 7.40. The summed E-state index contributed by atoms with van der Waals surface area (Å²) in [5, 5.41) is 16.8. The second kappa shape index (κ2) is 7.12. The molecule has 0 radical (unpaired) electrons. The molecule has 0 fully saturated rings. The van der Waals surface area contributed by atoms with Crippen molar-refractivity contribution in [2.45, 2.75) is 26.4 Å². The fourth-order valence-electron chi connectivity index (χ4n) is 1.88. The molecule has 0 saturated heterocycles. The number of esters is 2. The smallest absolute Gasteiger partial charge is 0.359 e. The molecule has 2 aromatic rings. The van der Waals surface area contributed by atoms with Crippen molar-refractivity contribution in [1.82, 2.24) is 10.2 Å². The van der Waals surface area contributed by atoms with Crippen LogP contribution in [-0.4, -0.2) is 32.7 Å². The van der Waals surface area contributed by atoms with Crippen LogP contribution in [0.2, 0.25) is 0 Å². The molecule has 2 rings (SSSR count). The third-order valence-electron chi connectivity index (χ3n) is 3.73. The van der Waals surface area contributed by atoms with Crippen LogP contribution in [0.25, 0.3) is 0 Å². The highest BCUT2D eigenvalue weighted by Gasteiger charge is 2.37. The van der Waals surface area contributed by atoms with Gasteiger partial charge in [0, 0.05) is 18.3 Å². The second-order valence-corrected chi connectivity index (χ2v) is 5.85. The van der Waals surface area contributed by atoms with Crippen molar-refractivity contribution in [2.24, 2.45) is 5.92 Å². The van der Waals surface area contributed by atoms with Crippen molar-refractivity contribution in [3.63, 3.8) is 0 Å². The van der Waals surface area contributed by atoms with Gasteiger partial charge in [0.1, 0.15) is 11.4 Å². The zero-order valence-electron chi connectivity index (χ0n) is 13.9. The van der Waals surface area contributed by atoms with Crippen molar-refractivity contribution >= 4 is 17.6 Å². The minimum atomic E-state index is -1.14. The number of carbonyl (C=O) groups excluding carboxylic acids is 2. The molecule has 9 heteroatoms. The minimum Gasteiger partial charge on any atom is -0.454 e. The summed E-state index contributed by atoms with van der Waals surface area (Å²) in [6.07, 6.45) is 1.48. The lowest BCUT2D eigenvalue weighted by molar-refractivity contribution is -0.384. The topological polar surface area (TPSA) is 124 Å². The first kappa shape index (κ1) is 18.1. The van der Waals surface area contributed by atoms with Gasteiger partial charge in [0.2, 0.25) is 0 Å². The van der Waals surface area contributed by atoms with Crippen LogP contribution in [0.5, 0.6) is 5.75 Å². The number of nitro groups is 1. The van der Waals surface area contributed by atoms with E-state index >= 15 is 0 Å². The lowest BCUT2D eigenvalue weighted by Crippen LogP contribution is -2.41. The van der Waals surface area contributed by atoms with Crippen LogP contribution in [0, 0.1) is 16.0 Å². The van der Waals surface area contributed by atoms with E-state index in [-0.39, 0.29) is 17.1 Å². The Balaban J connectivity index is 2.02. The molecular formula is C16H17N3O6. The fourth-order valence-corrected chi connectivity index (χ4v) is 1.88. The summed E-state index contributed by atoms with van der Waals surface area (Å²) in [6.45, 7) is 4.73. The summed E-state index contributed by atoms with van der Waals surface area (Å²) < 4.78 is 10.5. The van der Waals surface area contributed by atoms with Crippen LogP contribution in [0.15, 0.2) is 36.5 Å². The largest absolute Gasteiger partial charge is 0.454 e. The summed E-state index contributed by atoms with van der Waals surface area (Å²) in [5.41, 5.74) is -1.15. The number of carbonyl (C=O) groups is 2. The van der Waals surface area contributed by atoms with E-state index in [0.29, 0.717) is 0 Å². The molecule has 9 nitrogen and oxygen atoms in total. The van der Waals surface area contributed by atoms with Crippen LogP contribution < -0.4 is 4.74 Å². The predicted octanol–water partition coefficient (Wildman–Crippen LogP) is 2.50. The summed E-state index contributed by atoms with van der Waals surface area (Å²) in [7, 11) is 0. The Morgan fingerprint density at radius 1 is 1.24 bits per heavy atom. The number of rotatable bonds is 6. The van der Waals surface area contributed by atoms with E-state index in [1.807, 2.05) is 0 Å². The van der Waals surface area contributed by atoms with Gasteiger partial charge in [-0.3, -0.25) is 20.0 Å². The number of benzene rings is 1. The molecule has 1 aromatic heterocycles. The SMILES string of the molecule is CC(C(=O)Oc1ccc([N+](=O)[O-])cc1)C(C)(C)OC(=O)c1cc[nH]n1. The van der Waals surface area contributed by atoms with Crippen LogP contribution in [-0.2, 0) is 9.53 Å². The zero-order chi connectivity index (χ0) is 18.6. The normalized spacial score (nSPS) is 12.3. The lowest BCUT2D eigenvalue weighted by Gasteiger charge is -2.29. The van der Waals surface area contributed by atoms with E-state index < -0.39 is 28.4 Å². The van der Waals surface area contributed by atoms with Crippen LogP contribution in [0.3, 0.4) is 0 Å². The van der Waals surface area contributed by atoms with E-state index in [4.69, 9.17) is 9.47 Å². The first-order chi connectivity index (χ1) is 11.7. The Bertz CT molecular complexity index is 768. The monoisotopic (exact) mass is 347 g/mol. The summed E-state index contributed by atoms with van der Waals surface area (Å²) in [4.78, 5) is 34.3. The van der Waals surface area contributed by atoms with Crippen LogP contribution >= 0.6 is 0 Å². The number of nitrogens with zero attached hydrogens (tertiary/aromatic N) is 2. The quantitative estimate of drug-likeness (QED) is 0.368. The lowest BCUT2D eigenvalue weighted by atomic mass is 9.92. The molecule has 0 aliphatic carbocycles. The number of aromatic nitrogens is 2. The summed E-state index contributed by atoms with van der Waals surface area (Å²) in [5.74, 6) is -1.92. The highest BCUT2D eigenvalue weighted by atomic mass is 16.6. The first-order valence-electron chi connectivity index (χ1n) is 7.40.